The van der Waals surface area contributed by atoms with Crippen LogP contribution >= 0.6 is 0 Å². The van der Waals surface area contributed by atoms with Crippen molar-refractivity contribution in [3.63, 3.8) is 0 Å². The second kappa shape index (κ2) is 8.01. The topological polar surface area (TPSA) is 44.8 Å². The third-order valence-corrected chi connectivity index (χ3v) is 1.66. The Kier molecular flexibility index (Phi) is 7.63. The molecule has 4 heteroatoms. The third-order valence-electron chi connectivity index (χ3n) is 1.66. The minimum absolute atomic E-state index is 0.204. The van der Waals surface area contributed by atoms with Crippen molar-refractivity contribution in [3.05, 3.63) is 0 Å². The second-order valence-electron chi connectivity index (χ2n) is 2.71. The van der Waals surface area contributed by atoms with Gasteiger partial charge in [0.05, 0.1) is 19.6 Å². The van der Waals surface area contributed by atoms with E-state index in [9.17, 15) is 4.79 Å². The van der Waals surface area contributed by atoms with E-state index < -0.39 is 0 Å². The van der Waals surface area contributed by atoms with Gasteiger partial charge in [0, 0.05) is 6.61 Å². The van der Waals surface area contributed by atoms with Gasteiger partial charge in [0.25, 0.3) is 0 Å². The number of ether oxygens (including phenoxy) is 1. The van der Waals surface area contributed by atoms with E-state index >= 15 is 0 Å². The quantitative estimate of drug-likeness (QED) is 0.451. The lowest BCUT2D eigenvalue weighted by Gasteiger charge is -2.12. The van der Waals surface area contributed by atoms with Crippen molar-refractivity contribution in [1.29, 1.82) is 0 Å². The first-order chi connectivity index (χ1) is 6.26. The van der Waals surface area contributed by atoms with Gasteiger partial charge in [0.15, 0.2) is 0 Å². The Morgan fingerprint density at radius 3 is 2.54 bits per heavy atom. The Morgan fingerprint density at radius 1 is 1.38 bits per heavy atom. The van der Waals surface area contributed by atoms with E-state index in [1.54, 1.807) is 0 Å². The molecule has 1 unspecified atom stereocenters. The van der Waals surface area contributed by atoms with Crippen LogP contribution in [-0.2, 0) is 19.3 Å². The van der Waals surface area contributed by atoms with Crippen LogP contribution in [0.2, 0.25) is 0 Å². The molecule has 0 aromatic rings. The van der Waals surface area contributed by atoms with Crippen molar-refractivity contribution < 1.29 is 19.3 Å². The molecule has 0 aliphatic carbocycles. The van der Waals surface area contributed by atoms with Gasteiger partial charge < -0.3 is 4.74 Å². The molecular formula is C9H18O4. The lowest BCUT2D eigenvalue weighted by atomic mass is 10.1. The summed E-state index contributed by atoms with van der Waals surface area (Å²) in [7, 11) is 1.32. The molecule has 0 saturated heterocycles. The molecule has 0 heterocycles. The van der Waals surface area contributed by atoms with Crippen LogP contribution in [0.25, 0.3) is 0 Å². The van der Waals surface area contributed by atoms with Crippen molar-refractivity contribution in [1.82, 2.24) is 0 Å². The average Bonchev–Trinajstić information content (AvgIpc) is 2.12. The molecule has 0 bridgehead atoms. The van der Waals surface area contributed by atoms with E-state index in [0.29, 0.717) is 13.2 Å². The summed E-state index contributed by atoms with van der Waals surface area (Å²) in [6.45, 7) is 4.93. The van der Waals surface area contributed by atoms with Crippen LogP contribution in [0.15, 0.2) is 0 Å². The fraction of sp³-hybridized carbons (Fsp3) is 0.889. The van der Waals surface area contributed by atoms with Crippen molar-refractivity contribution in [2.45, 2.75) is 26.7 Å². The molecule has 0 aromatic carbocycles. The summed E-state index contributed by atoms with van der Waals surface area (Å²) in [5.41, 5.74) is 0. The predicted molar refractivity (Wildman–Crippen MR) is 48.0 cm³/mol. The molecular weight excluding hydrogens is 172 g/mol. The Bertz CT molecular complexity index is 136. The maximum absolute atomic E-state index is 11.2. The van der Waals surface area contributed by atoms with Gasteiger partial charge in [0.2, 0.25) is 0 Å². The standard InChI is InChI=1S/C9H18O4/c1-4-6-8(7-12-5-2)9(10)13-11-3/h8H,4-7H2,1-3H3. The molecule has 78 valence electrons. The summed E-state index contributed by atoms with van der Waals surface area (Å²) in [5.74, 6) is -0.553. The normalized spacial score (nSPS) is 12.5. The molecule has 0 saturated carbocycles. The lowest BCUT2D eigenvalue weighted by molar-refractivity contribution is -0.260. The summed E-state index contributed by atoms with van der Waals surface area (Å²) in [6, 6.07) is 0. The van der Waals surface area contributed by atoms with Crippen molar-refractivity contribution >= 4 is 5.97 Å². The molecule has 0 fully saturated rings. The monoisotopic (exact) mass is 190 g/mol. The number of carbonyl (C=O) groups is 1. The van der Waals surface area contributed by atoms with Gasteiger partial charge in [-0.05, 0) is 13.3 Å². The largest absolute Gasteiger partial charge is 0.381 e. The molecule has 0 radical (unpaired) electrons. The SMILES string of the molecule is CCCC(COCC)C(=O)OOC. The zero-order valence-corrected chi connectivity index (χ0v) is 8.54. The number of rotatable bonds is 7. The van der Waals surface area contributed by atoms with Gasteiger partial charge in [-0.15, -0.1) is 0 Å². The van der Waals surface area contributed by atoms with Crippen LogP contribution in [0.3, 0.4) is 0 Å². The molecule has 0 spiro atoms. The van der Waals surface area contributed by atoms with Crippen molar-refractivity contribution in [2.75, 3.05) is 20.3 Å². The van der Waals surface area contributed by atoms with Crippen LogP contribution in [-0.4, -0.2) is 26.3 Å². The van der Waals surface area contributed by atoms with E-state index in [2.05, 4.69) is 9.78 Å². The molecule has 1 atom stereocenters. The highest BCUT2D eigenvalue weighted by Crippen LogP contribution is 2.09. The Balaban J connectivity index is 3.83. The fourth-order valence-electron chi connectivity index (χ4n) is 1.03. The Hall–Kier alpha value is -0.610. The first-order valence-corrected chi connectivity index (χ1v) is 4.58. The lowest BCUT2D eigenvalue weighted by Crippen LogP contribution is -2.22. The van der Waals surface area contributed by atoms with Crippen molar-refractivity contribution in [2.24, 2.45) is 5.92 Å². The van der Waals surface area contributed by atoms with Crippen molar-refractivity contribution in [3.8, 4) is 0 Å². The highest BCUT2D eigenvalue weighted by atomic mass is 17.2. The maximum Gasteiger partial charge on any atom is 0.347 e. The predicted octanol–water partition coefficient (Wildman–Crippen LogP) is 1.54. The van der Waals surface area contributed by atoms with Gasteiger partial charge in [-0.25, -0.2) is 4.79 Å². The molecule has 0 rings (SSSR count). The van der Waals surface area contributed by atoms with E-state index in [1.807, 2.05) is 13.8 Å². The molecule has 0 aliphatic rings. The summed E-state index contributed by atoms with van der Waals surface area (Å²) in [4.78, 5) is 20.0. The molecule has 0 amide bonds. The van der Waals surface area contributed by atoms with Gasteiger partial charge in [-0.2, -0.15) is 4.89 Å². The number of hydrogen-bond acceptors (Lipinski definition) is 4. The first-order valence-electron chi connectivity index (χ1n) is 4.58. The molecule has 13 heavy (non-hydrogen) atoms. The van der Waals surface area contributed by atoms with Crippen LogP contribution in [0, 0.1) is 5.92 Å². The summed E-state index contributed by atoms with van der Waals surface area (Å²) in [6.07, 6.45) is 1.69. The minimum atomic E-state index is -0.349. The van der Waals surface area contributed by atoms with Crippen LogP contribution in [0.4, 0.5) is 0 Å². The Morgan fingerprint density at radius 2 is 2.08 bits per heavy atom. The zero-order valence-electron chi connectivity index (χ0n) is 8.54. The van der Waals surface area contributed by atoms with E-state index in [1.165, 1.54) is 7.11 Å². The molecule has 4 nitrogen and oxygen atoms in total. The second-order valence-corrected chi connectivity index (χ2v) is 2.71. The first kappa shape index (κ1) is 12.4. The third kappa shape index (κ3) is 5.60. The van der Waals surface area contributed by atoms with E-state index in [-0.39, 0.29) is 11.9 Å². The smallest absolute Gasteiger partial charge is 0.347 e. The van der Waals surface area contributed by atoms with Crippen LogP contribution in [0.5, 0.6) is 0 Å². The molecule has 0 N–H and O–H groups in total. The highest BCUT2D eigenvalue weighted by Gasteiger charge is 2.19. The highest BCUT2D eigenvalue weighted by molar-refractivity contribution is 5.71. The van der Waals surface area contributed by atoms with Gasteiger partial charge in [-0.3, -0.25) is 4.89 Å². The minimum Gasteiger partial charge on any atom is -0.381 e. The Labute approximate surface area is 79.1 Å². The van der Waals surface area contributed by atoms with E-state index in [4.69, 9.17) is 4.74 Å². The summed E-state index contributed by atoms with van der Waals surface area (Å²) in [5, 5.41) is 0. The molecule has 0 aromatic heterocycles. The molecule has 0 aliphatic heterocycles. The van der Waals surface area contributed by atoms with Crippen LogP contribution in [0.1, 0.15) is 26.7 Å². The van der Waals surface area contributed by atoms with E-state index in [0.717, 1.165) is 12.8 Å². The number of carbonyl (C=O) groups excluding carboxylic acids is 1. The fourth-order valence-corrected chi connectivity index (χ4v) is 1.03. The summed E-state index contributed by atoms with van der Waals surface area (Å²) < 4.78 is 5.16. The van der Waals surface area contributed by atoms with Gasteiger partial charge >= 0.3 is 5.97 Å². The zero-order chi connectivity index (χ0) is 10.1. The van der Waals surface area contributed by atoms with Crippen LogP contribution < -0.4 is 0 Å². The van der Waals surface area contributed by atoms with Gasteiger partial charge in [-0.1, -0.05) is 13.3 Å². The number of hydrogen-bond donors (Lipinski definition) is 0. The maximum atomic E-state index is 11.2. The summed E-state index contributed by atoms with van der Waals surface area (Å²) >= 11 is 0. The van der Waals surface area contributed by atoms with Gasteiger partial charge in [0.1, 0.15) is 0 Å². The average molecular weight is 190 g/mol.